The minimum absolute atomic E-state index is 0.259. The van der Waals surface area contributed by atoms with Crippen LogP contribution in [-0.2, 0) is 0 Å². The molecule has 0 aromatic heterocycles. The zero-order chi connectivity index (χ0) is 4.99. The van der Waals surface area contributed by atoms with Gasteiger partial charge in [0.25, 0.3) is 0 Å². The molecule has 0 aliphatic heterocycles. The van der Waals surface area contributed by atoms with Gasteiger partial charge in [0.15, 0.2) is 12.3 Å². The topological polar surface area (TPSA) is 85.8 Å². The Balaban J connectivity index is 3.05. The van der Waals surface area contributed by atoms with Crippen LogP contribution in [0.15, 0.2) is 0 Å². The van der Waals surface area contributed by atoms with Crippen molar-refractivity contribution in [3.63, 3.8) is 0 Å². The van der Waals surface area contributed by atoms with Crippen LogP contribution in [0.25, 0.3) is 0 Å². The van der Waals surface area contributed by atoms with Crippen LogP contribution in [0, 0.1) is 10.8 Å². The highest BCUT2D eigenvalue weighted by Gasteiger charge is 1.72. The van der Waals surface area contributed by atoms with Gasteiger partial charge in [-0.05, 0) is 0 Å². The van der Waals surface area contributed by atoms with Crippen LogP contribution in [-0.4, -0.2) is 12.3 Å². The van der Waals surface area contributed by atoms with E-state index in [0.29, 0.717) is 0 Å². The molecule has 0 bridgehead atoms. The lowest BCUT2D eigenvalue weighted by Gasteiger charge is -1.85. The lowest BCUT2D eigenvalue weighted by atomic mass is 11.0. The van der Waals surface area contributed by atoms with Crippen LogP contribution >= 0.6 is 0 Å². The highest BCUT2D eigenvalue weighted by molar-refractivity contribution is 5.85. The molecule has 1 radical (unpaired) electrons. The maximum atomic E-state index is 6.38. The van der Waals surface area contributed by atoms with Crippen molar-refractivity contribution < 1.29 is 0 Å². The summed E-state index contributed by atoms with van der Waals surface area (Å²) >= 11 is 0. The summed E-state index contributed by atoms with van der Waals surface area (Å²) in [5.74, 6) is -0.259. The van der Waals surface area contributed by atoms with E-state index in [0.717, 1.165) is 0 Å². The standard InChI is InChI=1S/C2H5N4/c3-1-6-2(4)5/h(H5,3,4,5,6). The van der Waals surface area contributed by atoms with Crippen LogP contribution in [0.3, 0.4) is 0 Å². The summed E-state index contributed by atoms with van der Waals surface area (Å²) in [5.41, 5.74) is 4.69. The average Bonchev–Trinajstić information content (AvgIpc) is 1.35. The van der Waals surface area contributed by atoms with E-state index in [1.807, 2.05) is 5.32 Å². The van der Waals surface area contributed by atoms with Gasteiger partial charge in [-0.3, -0.25) is 10.8 Å². The molecular formula is C2H5N4. The number of nitrogens with one attached hydrogen (secondary N) is 3. The molecular weight excluding hydrogens is 80.1 g/mol. The van der Waals surface area contributed by atoms with Crippen molar-refractivity contribution in [3.05, 3.63) is 0 Å². The Morgan fingerprint density at radius 1 is 1.83 bits per heavy atom. The molecule has 0 saturated carbocycles. The Labute approximate surface area is 35.4 Å². The van der Waals surface area contributed by atoms with Crippen molar-refractivity contribution in [3.8, 4) is 0 Å². The Hall–Kier alpha value is -1.06. The lowest BCUT2D eigenvalue weighted by molar-refractivity contribution is 1.25. The second-order valence-electron chi connectivity index (χ2n) is 0.664. The molecule has 0 saturated heterocycles. The predicted octanol–water partition coefficient (Wildman–Crippen LogP) is -1.05. The van der Waals surface area contributed by atoms with Crippen LogP contribution in [0.2, 0.25) is 0 Å². The fourth-order valence-corrected chi connectivity index (χ4v) is 0.0673. The molecule has 0 unspecified atom stereocenters. The third-order valence-corrected chi connectivity index (χ3v) is 0.197. The maximum absolute atomic E-state index is 6.38. The normalized spacial score (nSPS) is 6.67. The maximum Gasteiger partial charge on any atom is 0.191 e. The van der Waals surface area contributed by atoms with Gasteiger partial charge >= 0.3 is 0 Å². The molecule has 5 N–H and O–H groups in total. The van der Waals surface area contributed by atoms with E-state index >= 15 is 0 Å². The van der Waals surface area contributed by atoms with Crippen LogP contribution in [0.1, 0.15) is 0 Å². The zero-order valence-electron chi connectivity index (χ0n) is 3.08. The number of nitrogens with two attached hydrogens (primary N) is 1. The summed E-state index contributed by atoms with van der Waals surface area (Å²) in [6, 6.07) is 0. The van der Waals surface area contributed by atoms with E-state index in [1.165, 1.54) is 0 Å². The molecule has 0 fully saturated rings. The molecule has 0 spiro atoms. The van der Waals surface area contributed by atoms with Crippen molar-refractivity contribution in [1.29, 1.82) is 10.8 Å². The number of rotatable bonds is 1. The van der Waals surface area contributed by atoms with Gasteiger partial charge in [-0.25, -0.2) is 0 Å². The molecule has 0 aromatic carbocycles. The third-order valence-electron chi connectivity index (χ3n) is 0.197. The minimum Gasteiger partial charge on any atom is -0.370 e. The highest BCUT2D eigenvalue weighted by atomic mass is 15.0. The lowest BCUT2D eigenvalue weighted by Crippen LogP contribution is -2.28. The smallest absolute Gasteiger partial charge is 0.191 e. The van der Waals surface area contributed by atoms with E-state index in [9.17, 15) is 0 Å². The predicted molar refractivity (Wildman–Crippen MR) is 22.8 cm³/mol. The molecule has 0 atom stereocenters. The van der Waals surface area contributed by atoms with Gasteiger partial charge in [-0.15, -0.1) is 0 Å². The van der Waals surface area contributed by atoms with Crippen molar-refractivity contribution >= 4 is 12.3 Å². The van der Waals surface area contributed by atoms with Gasteiger partial charge in [0, 0.05) is 0 Å². The first kappa shape index (κ1) is 4.94. The molecule has 33 valence electrons. The first-order valence-corrected chi connectivity index (χ1v) is 1.29. The van der Waals surface area contributed by atoms with E-state index < -0.39 is 0 Å². The van der Waals surface area contributed by atoms with Crippen LogP contribution < -0.4 is 11.1 Å². The molecule has 0 amide bonds. The Bertz CT molecular complexity index is 65.9. The van der Waals surface area contributed by atoms with Crippen LogP contribution in [0.5, 0.6) is 0 Å². The van der Waals surface area contributed by atoms with Gasteiger partial charge in [-0.1, -0.05) is 0 Å². The van der Waals surface area contributed by atoms with Crippen LogP contribution in [0.4, 0.5) is 0 Å². The highest BCUT2D eigenvalue weighted by Crippen LogP contribution is 1.35. The first-order chi connectivity index (χ1) is 2.77. The summed E-state index contributed by atoms with van der Waals surface area (Å²) in [5, 5.41) is 14.5. The van der Waals surface area contributed by atoms with Gasteiger partial charge in [-0.2, -0.15) is 0 Å². The summed E-state index contributed by atoms with van der Waals surface area (Å²) in [6.07, 6.45) is 1.72. The van der Waals surface area contributed by atoms with Crippen molar-refractivity contribution in [2.45, 2.75) is 0 Å². The third kappa shape index (κ3) is 2.94. The molecule has 0 rings (SSSR count). The molecule has 0 aliphatic rings. The second-order valence-corrected chi connectivity index (χ2v) is 0.664. The van der Waals surface area contributed by atoms with Gasteiger partial charge in [0.2, 0.25) is 0 Å². The van der Waals surface area contributed by atoms with Gasteiger partial charge in [0.05, 0.1) is 0 Å². The zero-order valence-corrected chi connectivity index (χ0v) is 3.08. The number of guanidine groups is 1. The minimum atomic E-state index is -0.259. The monoisotopic (exact) mass is 85.1 g/mol. The van der Waals surface area contributed by atoms with E-state index in [-0.39, 0.29) is 5.96 Å². The Morgan fingerprint density at radius 2 is 2.33 bits per heavy atom. The summed E-state index contributed by atoms with van der Waals surface area (Å²) in [7, 11) is 0. The Kier molecular flexibility index (Phi) is 1.81. The van der Waals surface area contributed by atoms with E-state index in [4.69, 9.17) is 16.6 Å². The molecule has 6 heavy (non-hydrogen) atoms. The van der Waals surface area contributed by atoms with Gasteiger partial charge < -0.3 is 11.1 Å². The first-order valence-electron chi connectivity index (χ1n) is 1.29. The second kappa shape index (κ2) is 2.19. The molecule has 4 nitrogen and oxygen atoms in total. The van der Waals surface area contributed by atoms with E-state index in [1.54, 1.807) is 6.34 Å². The molecule has 4 heteroatoms. The van der Waals surface area contributed by atoms with Crippen molar-refractivity contribution in [1.82, 2.24) is 5.32 Å². The molecule has 0 aromatic rings. The SMILES string of the molecule is N=[C]NC(=N)N. The van der Waals surface area contributed by atoms with Gasteiger partial charge in [0.1, 0.15) is 0 Å². The summed E-state index contributed by atoms with van der Waals surface area (Å²) in [6.45, 7) is 0. The molecule has 0 aliphatic carbocycles. The Morgan fingerprint density at radius 3 is 2.33 bits per heavy atom. The van der Waals surface area contributed by atoms with Crippen molar-refractivity contribution in [2.75, 3.05) is 0 Å². The largest absolute Gasteiger partial charge is 0.370 e. The summed E-state index contributed by atoms with van der Waals surface area (Å²) < 4.78 is 0. The van der Waals surface area contributed by atoms with E-state index in [2.05, 4.69) is 0 Å². The fraction of sp³-hybridized carbons (Fsp3) is 0. The summed E-state index contributed by atoms with van der Waals surface area (Å²) in [4.78, 5) is 0. The number of hydrogen-bond donors (Lipinski definition) is 4. The van der Waals surface area contributed by atoms with Crippen molar-refractivity contribution in [2.24, 2.45) is 5.73 Å². The number of hydrogen-bond acceptors (Lipinski definition) is 2. The average molecular weight is 85.1 g/mol. The molecule has 0 heterocycles. The quantitative estimate of drug-likeness (QED) is 0.186. The fourth-order valence-electron chi connectivity index (χ4n) is 0.0673.